The van der Waals surface area contributed by atoms with Crippen molar-refractivity contribution in [1.82, 2.24) is 31.7 Å². The number of hydrazine groups is 1. The van der Waals surface area contributed by atoms with Gasteiger partial charge in [-0.05, 0) is 51.4 Å². The van der Waals surface area contributed by atoms with Gasteiger partial charge in [-0.3, -0.25) is 26.7 Å². The molecule has 0 spiro atoms. The summed E-state index contributed by atoms with van der Waals surface area (Å²) in [7, 11) is 0. The van der Waals surface area contributed by atoms with Crippen LogP contribution in [0.4, 0.5) is 4.39 Å². The summed E-state index contributed by atoms with van der Waals surface area (Å²) in [6.07, 6.45) is 12.5. The zero-order valence-corrected chi connectivity index (χ0v) is 18.3. The minimum absolute atomic E-state index is 0.0312. The molecule has 2 saturated carbocycles. The fraction of sp³-hybridized carbons (Fsp3) is 1.00. The molecule has 0 radical (unpaired) electrons. The van der Waals surface area contributed by atoms with Crippen molar-refractivity contribution in [2.24, 2.45) is 5.92 Å². The van der Waals surface area contributed by atoms with Gasteiger partial charge in [0.15, 0.2) is 0 Å². The number of nitrogens with zero attached hydrogens (tertiary/aromatic N) is 1. The van der Waals surface area contributed by atoms with E-state index in [0.29, 0.717) is 30.7 Å². The lowest BCUT2D eigenvalue weighted by Crippen LogP contribution is -2.74. The lowest BCUT2D eigenvalue weighted by Gasteiger charge is -2.46. The Morgan fingerprint density at radius 3 is 2.67 bits per heavy atom. The standard InChI is InChI=1S/C22H41FN6O/c23-15-6-4-7-16(12-15)26-20-19-14-25-29(17-8-2-1-3-9-17)21(19)28-22(27-20)24-13-18-10-5-11-30-18/h15-22,24-28H,1-14H2. The van der Waals surface area contributed by atoms with Gasteiger partial charge in [-0.15, -0.1) is 0 Å². The molecule has 8 heteroatoms. The number of ether oxygens (including phenoxy) is 1. The van der Waals surface area contributed by atoms with E-state index < -0.39 is 6.17 Å². The number of alkyl halides is 1. The number of hydrogen-bond donors (Lipinski definition) is 5. The van der Waals surface area contributed by atoms with Crippen molar-refractivity contribution in [2.75, 3.05) is 19.7 Å². The molecular formula is C22H41FN6O. The Hall–Kier alpha value is -0.350. The Labute approximate surface area is 180 Å². The molecule has 3 heterocycles. The number of halogens is 1. The normalized spacial score (nSPS) is 43.7. The number of fused-ring (bicyclic) bond motifs is 1. The summed E-state index contributed by atoms with van der Waals surface area (Å²) in [5.74, 6) is 0.424. The van der Waals surface area contributed by atoms with Crippen LogP contribution in [-0.2, 0) is 4.74 Å². The Morgan fingerprint density at radius 1 is 0.967 bits per heavy atom. The van der Waals surface area contributed by atoms with Gasteiger partial charge < -0.3 is 4.74 Å². The van der Waals surface area contributed by atoms with E-state index in [9.17, 15) is 4.39 Å². The van der Waals surface area contributed by atoms with Gasteiger partial charge in [0, 0.05) is 37.7 Å². The van der Waals surface area contributed by atoms with Crippen molar-refractivity contribution in [1.29, 1.82) is 0 Å². The van der Waals surface area contributed by atoms with Gasteiger partial charge in [-0.2, -0.15) is 0 Å². The molecule has 7 atom stereocenters. The van der Waals surface area contributed by atoms with Crippen LogP contribution in [0.3, 0.4) is 0 Å². The zero-order chi connectivity index (χ0) is 20.3. The highest BCUT2D eigenvalue weighted by Gasteiger charge is 2.47. The molecule has 5 N–H and O–H groups in total. The smallest absolute Gasteiger partial charge is 0.114 e. The molecule has 0 aromatic rings. The average Bonchev–Trinajstić information content (AvgIpc) is 3.43. The molecule has 172 valence electrons. The Kier molecular flexibility index (Phi) is 7.21. The van der Waals surface area contributed by atoms with Crippen LogP contribution in [0.15, 0.2) is 0 Å². The zero-order valence-electron chi connectivity index (χ0n) is 18.3. The van der Waals surface area contributed by atoms with E-state index in [2.05, 4.69) is 31.7 Å². The SMILES string of the molecule is FC1CCCC(NC2NC(NCC3CCCO3)NC3C2CNN3C2CCCCC2)C1. The highest BCUT2D eigenvalue weighted by molar-refractivity contribution is 4.99. The first-order valence-corrected chi connectivity index (χ1v) is 12.6. The van der Waals surface area contributed by atoms with Crippen molar-refractivity contribution in [3.05, 3.63) is 0 Å². The monoisotopic (exact) mass is 424 g/mol. The number of hydrogen-bond acceptors (Lipinski definition) is 7. The molecule has 7 nitrogen and oxygen atoms in total. The Balaban J connectivity index is 1.25. The largest absolute Gasteiger partial charge is 0.377 e. The lowest BCUT2D eigenvalue weighted by molar-refractivity contribution is 0.0111. The summed E-state index contributed by atoms with van der Waals surface area (Å²) >= 11 is 0. The summed E-state index contributed by atoms with van der Waals surface area (Å²) in [5, 5.41) is 17.6. The molecule has 0 amide bonds. The van der Waals surface area contributed by atoms with E-state index in [0.717, 1.165) is 51.8 Å². The van der Waals surface area contributed by atoms with Crippen molar-refractivity contribution in [3.63, 3.8) is 0 Å². The van der Waals surface area contributed by atoms with Crippen LogP contribution in [0, 0.1) is 5.92 Å². The molecule has 3 saturated heterocycles. The topological polar surface area (TPSA) is 72.6 Å². The molecule has 5 aliphatic rings. The predicted molar refractivity (Wildman–Crippen MR) is 115 cm³/mol. The second kappa shape index (κ2) is 10.1. The van der Waals surface area contributed by atoms with Crippen LogP contribution >= 0.6 is 0 Å². The third-order valence-corrected chi connectivity index (χ3v) is 7.89. The van der Waals surface area contributed by atoms with Gasteiger partial charge in [0.2, 0.25) is 0 Å². The summed E-state index contributed by atoms with van der Waals surface area (Å²) in [4.78, 5) is 0. The van der Waals surface area contributed by atoms with E-state index in [1.165, 1.54) is 32.1 Å². The maximum atomic E-state index is 14.0. The summed E-state index contributed by atoms with van der Waals surface area (Å²) in [5.41, 5.74) is 3.73. The van der Waals surface area contributed by atoms with Crippen molar-refractivity contribution in [3.8, 4) is 0 Å². The summed E-state index contributed by atoms with van der Waals surface area (Å²) in [6.45, 7) is 2.71. The average molecular weight is 425 g/mol. The Bertz CT molecular complexity index is 544. The third kappa shape index (κ3) is 5.00. The molecule has 3 aliphatic heterocycles. The van der Waals surface area contributed by atoms with Gasteiger partial charge in [0.05, 0.1) is 18.4 Å². The first-order valence-electron chi connectivity index (χ1n) is 12.6. The van der Waals surface area contributed by atoms with E-state index in [4.69, 9.17) is 4.74 Å². The minimum Gasteiger partial charge on any atom is -0.377 e. The van der Waals surface area contributed by atoms with Gasteiger partial charge in [0.25, 0.3) is 0 Å². The van der Waals surface area contributed by atoms with Gasteiger partial charge in [-0.1, -0.05) is 19.3 Å². The molecule has 0 aromatic heterocycles. The second-order valence-electron chi connectivity index (χ2n) is 10.1. The molecule has 5 rings (SSSR count). The van der Waals surface area contributed by atoms with Crippen LogP contribution in [0.1, 0.15) is 70.6 Å². The number of rotatable bonds is 6. The maximum Gasteiger partial charge on any atom is 0.114 e. The molecule has 0 aromatic carbocycles. The van der Waals surface area contributed by atoms with Gasteiger partial charge in [-0.25, -0.2) is 9.40 Å². The second-order valence-corrected chi connectivity index (χ2v) is 10.1. The highest BCUT2D eigenvalue weighted by atomic mass is 19.1. The van der Waals surface area contributed by atoms with Crippen LogP contribution in [0.5, 0.6) is 0 Å². The van der Waals surface area contributed by atoms with E-state index in [-0.39, 0.29) is 18.5 Å². The van der Waals surface area contributed by atoms with E-state index >= 15 is 0 Å². The first-order chi connectivity index (χ1) is 14.8. The molecule has 2 aliphatic carbocycles. The minimum atomic E-state index is -0.650. The molecule has 0 bridgehead atoms. The first kappa shape index (κ1) is 21.5. The van der Waals surface area contributed by atoms with Crippen LogP contribution in [-0.4, -0.2) is 67.7 Å². The maximum absolute atomic E-state index is 14.0. The Morgan fingerprint density at radius 2 is 1.87 bits per heavy atom. The van der Waals surface area contributed by atoms with Crippen molar-refractivity contribution in [2.45, 2.75) is 114 Å². The summed E-state index contributed by atoms with van der Waals surface area (Å²) < 4.78 is 19.8. The molecular weight excluding hydrogens is 383 g/mol. The lowest BCUT2D eigenvalue weighted by atomic mass is 9.91. The third-order valence-electron chi connectivity index (χ3n) is 7.89. The molecule has 7 unspecified atom stereocenters. The highest BCUT2D eigenvalue weighted by Crippen LogP contribution is 2.30. The molecule has 5 fully saturated rings. The fourth-order valence-electron chi connectivity index (χ4n) is 6.25. The van der Waals surface area contributed by atoms with E-state index in [1.807, 2.05) is 0 Å². The van der Waals surface area contributed by atoms with Crippen LogP contribution in [0.2, 0.25) is 0 Å². The van der Waals surface area contributed by atoms with Crippen molar-refractivity contribution < 1.29 is 9.13 Å². The summed E-state index contributed by atoms with van der Waals surface area (Å²) in [6, 6.07) is 0.885. The van der Waals surface area contributed by atoms with E-state index in [1.54, 1.807) is 0 Å². The van der Waals surface area contributed by atoms with Crippen LogP contribution < -0.4 is 26.7 Å². The number of nitrogens with one attached hydrogen (secondary N) is 5. The molecule has 30 heavy (non-hydrogen) atoms. The van der Waals surface area contributed by atoms with Crippen molar-refractivity contribution >= 4 is 0 Å². The van der Waals surface area contributed by atoms with Gasteiger partial charge >= 0.3 is 0 Å². The predicted octanol–water partition coefficient (Wildman–Crippen LogP) is 1.52. The van der Waals surface area contributed by atoms with Gasteiger partial charge in [0.1, 0.15) is 12.5 Å². The van der Waals surface area contributed by atoms with Crippen LogP contribution in [0.25, 0.3) is 0 Å². The fourth-order valence-corrected chi connectivity index (χ4v) is 6.25. The quantitative estimate of drug-likeness (QED) is 0.443.